The molecule has 28 heavy (non-hydrogen) atoms. The molecule has 0 atom stereocenters. The van der Waals surface area contributed by atoms with Gasteiger partial charge < -0.3 is 14.6 Å². The Hall–Kier alpha value is -0.940. The maximum Gasteiger partial charge on any atom is 0.138 e. The first-order valence-electron chi connectivity index (χ1n) is 8.33. The van der Waals surface area contributed by atoms with Crippen LogP contribution in [0, 0.1) is 0 Å². The van der Waals surface area contributed by atoms with Crippen LogP contribution in [0.3, 0.4) is 0 Å². The molecule has 6 heteroatoms. The maximum absolute atomic E-state index is 8.84. The van der Waals surface area contributed by atoms with Gasteiger partial charge in [0.1, 0.15) is 11.5 Å². The summed E-state index contributed by atoms with van der Waals surface area (Å²) < 4.78 is 10.9. The van der Waals surface area contributed by atoms with Crippen LogP contribution in [0.5, 0.6) is 11.5 Å². The quantitative estimate of drug-likeness (QED) is 0.413. The second-order valence-corrected chi connectivity index (χ2v) is 7.53. The third-order valence-electron chi connectivity index (χ3n) is 3.05. The van der Waals surface area contributed by atoms with Crippen LogP contribution >= 0.6 is 39.1 Å². The van der Waals surface area contributed by atoms with E-state index in [2.05, 4.69) is 15.9 Å². The molecule has 0 saturated carbocycles. The zero-order valence-corrected chi connectivity index (χ0v) is 18.5. The summed E-state index contributed by atoms with van der Waals surface area (Å²) in [6.07, 6.45) is 0.268. The summed E-state index contributed by atoms with van der Waals surface area (Å²) in [6.45, 7) is 7.84. The van der Waals surface area contributed by atoms with Crippen LogP contribution in [-0.2, 0) is 11.9 Å². The average molecular weight is 496 g/mol. The Morgan fingerprint density at radius 3 is 1.54 bits per heavy atom. The van der Waals surface area contributed by atoms with Gasteiger partial charge in [0.25, 0.3) is 0 Å². The molecule has 160 valence electrons. The standard InChI is InChI=1S/C10H12BrClO.C10H13ClO2.2CH4/c1-7(2)13-10-4-3-8(6-11)5-9(10)12;1-7(2)13-10-4-3-8(6-12)5-9(10)11;;/h3-5,7H,6H2,1-2H3;3-5,7,12H,6H2,1-2H3;2*1H4. The number of aliphatic hydroxyl groups is 1. The number of hydrogen-bond donors (Lipinski definition) is 1. The second kappa shape index (κ2) is 15.0. The van der Waals surface area contributed by atoms with Crippen LogP contribution in [0.25, 0.3) is 0 Å². The first-order chi connectivity index (χ1) is 12.3. The SMILES string of the molecule is C.C.CC(C)Oc1ccc(CBr)cc1Cl.CC(C)Oc1ccc(CO)cc1Cl. The normalized spacial score (nSPS) is 9.79. The van der Waals surface area contributed by atoms with Gasteiger partial charge >= 0.3 is 0 Å². The van der Waals surface area contributed by atoms with Crippen LogP contribution in [0.15, 0.2) is 36.4 Å². The highest BCUT2D eigenvalue weighted by Crippen LogP contribution is 2.27. The van der Waals surface area contributed by atoms with E-state index in [4.69, 9.17) is 37.8 Å². The number of hydrogen-bond acceptors (Lipinski definition) is 3. The molecule has 0 saturated heterocycles. The molecular weight excluding hydrogens is 463 g/mol. The number of benzene rings is 2. The Balaban J connectivity index is 0. The Kier molecular flexibility index (Phi) is 15.6. The van der Waals surface area contributed by atoms with Crippen LogP contribution in [0.2, 0.25) is 10.0 Å². The summed E-state index contributed by atoms with van der Waals surface area (Å²) in [5, 5.41) is 10.9. The van der Waals surface area contributed by atoms with E-state index in [0.717, 1.165) is 22.2 Å². The van der Waals surface area contributed by atoms with Gasteiger partial charge in [0, 0.05) is 5.33 Å². The first kappa shape index (κ1) is 29.3. The van der Waals surface area contributed by atoms with Gasteiger partial charge in [-0.2, -0.15) is 0 Å². The third-order valence-corrected chi connectivity index (χ3v) is 4.29. The van der Waals surface area contributed by atoms with E-state index < -0.39 is 0 Å². The first-order valence-corrected chi connectivity index (χ1v) is 10.2. The molecule has 0 spiro atoms. The van der Waals surface area contributed by atoms with Gasteiger partial charge in [-0.25, -0.2) is 0 Å². The molecule has 0 aliphatic carbocycles. The van der Waals surface area contributed by atoms with Gasteiger partial charge in [0.15, 0.2) is 0 Å². The Morgan fingerprint density at radius 2 is 1.21 bits per heavy atom. The fourth-order valence-corrected chi connectivity index (χ4v) is 2.81. The van der Waals surface area contributed by atoms with E-state index in [1.165, 1.54) is 0 Å². The third kappa shape index (κ3) is 10.6. The predicted octanol–water partition coefficient (Wildman–Crippen LogP) is 7.91. The smallest absolute Gasteiger partial charge is 0.138 e. The van der Waals surface area contributed by atoms with Gasteiger partial charge in [-0.05, 0) is 63.1 Å². The summed E-state index contributed by atoms with van der Waals surface area (Å²) in [7, 11) is 0. The highest BCUT2D eigenvalue weighted by molar-refractivity contribution is 9.08. The molecule has 2 rings (SSSR count). The molecule has 0 heterocycles. The fraction of sp³-hybridized carbons (Fsp3) is 0.455. The zero-order chi connectivity index (χ0) is 19.7. The molecule has 3 nitrogen and oxygen atoms in total. The summed E-state index contributed by atoms with van der Waals surface area (Å²) >= 11 is 15.3. The van der Waals surface area contributed by atoms with E-state index in [1.54, 1.807) is 18.2 Å². The lowest BCUT2D eigenvalue weighted by molar-refractivity contribution is 0.242. The van der Waals surface area contributed by atoms with Gasteiger partial charge in [-0.15, -0.1) is 0 Å². The molecule has 0 amide bonds. The molecular formula is C22H33BrCl2O3. The van der Waals surface area contributed by atoms with Crippen molar-refractivity contribution >= 4 is 39.1 Å². The van der Waals surface area contributed by atoms with Gasteiger partial charge in [-0.3, -0.25) is 0 Å². The number of rotatable bonds is 6. The lowest BCUT2D eigenvalue weighted by Crippen LogP contribution is -2.05. The minimum atomic E-state index is 0. The lowest BCUT2D eigenvalue weighted by atomic mass is 10.2. The van der Waals surface area contributed by atoms with Crippen molar-refractivity contribution in [3.63, 3.8) is 0 Å². The summed E-state index contributed by atoms with van der Waals surface area (Å²) in [4.78, 5) is 0. The highest BCUT2D eigenvalue weighted by Gasteiger charge is 2.05. The summed E-state index contributed by atoms with van der Waals surface area (Å²) in [5.41, 5.74) is 1.95. The number of halogens is 3. The van der Waals surface area contributed by atoms with E-state index in [-0.39, 0.29) is 33.7 Å². The van der Waals surface area contributed by atoms with Crippen molar-refractivity contribution in [2.75, 3.05) is 0 Å². The molecule has 0 bridgehead atoms. The van der Waals surface area contributed by atoms with Crippen LogP contribution < -0.4 is 9.47 Å². The van der Waals surface area contributed by atoms with Crippen molar-refractivity contribution in [3.05, 3.63) is 57.6 Å². The Labute approximate surface area is 189 Å². The monoisotopic (exact) mass is 494 g/mol. The van der Waals surface area contributed by atoms with Crippen LogP contribution in [0.1, 0.15) is 53.7 Å². The zero-order valence-electron chi connectivity index (χ0n) is 15.4. The van der Waals surface area contributed by atoms with Crippen molar-refractivity contribution in [1.29, 1.82) is 0 Å². The van der Waals surface area contributed by atoms with E-state index >= 15 is 0 Å². The topological polar surface area (TPSA) is 38.7 Å². The minimum Gasteiger partial charge on any atom is -0.489 e. The maximum atomic E-state index is 8.84. The van der Waals surface area contributed by atoms with Crippen molar-refractivity contribution in [2.24, 2.45) is 0 Å². The second-order valence-electron chi connectivity index (χ2n) is 6.15. The van der Waals surface area contributed by atoms with Crippen LogP contribution in [0.4, 0.5) is 0 Å². The molecule has 2 aromatic carbocycles. The van der Waals surface area contributed by atoms with Crippen molar-refractivity contribution in [2.45, 2.75) is 66.7 Å². The Morgan fingerprint density at radius 1 is 0.821 bits per heavy atom. The number of alkyl halides is 1. The summed E-state index contributed by atoms with van der Waals surface area (Å²) in [5.74, 6) is 1.41. The van der Waals surface area contributed by atoms with Crippen LogP contribution in [-0.4, -0.2) is 17.3 Å². The Bertz CT molecular complexity index is 632. The molecule has 0 fully saturated rings. The predicted molar refractivity (Wildman–Crippen MR) is 126 cm³/mol. The lowest BCUT2D eigenvalue weighted by Gasteiger charge is -2.11. The van der Waals surface area contributed by atoms with E-state index in [0.29, 0.717) is 15.8 Å². The molecule has 1 N–H and O–H groups in total. The van der Waals surface area contributed by atoms with Gasteiger partial charge in [0.05, 0.1) is 28.9 Å². The highest BCUT2D eigenvalue weighted by atomic mass is 79.9. The summed E-state index contributed by atoms with van der Waals surface area (Å²) in [6, 6.07) is 11.1. The van der Waals surface area contributed by atoms with Crippen molar-refractivity contribution in [1.82, 2.24) is 0 Å². The van der Waals surface area contributed by atoms with Gasteiger partial charge in [-0.1, -0.05) is 66.1 Å². The van der Waals surface area contributed by atoms with E-state index in [1.807, 2.05) is 45.9 Å². The molecule has 0 aromatic heterocycles. The largest absolute Gasteiger partial charge is 0.489 e. The molecule has 0 radical (unpaired) electrons. The molecule has 0 unspecified atom stereocenters. The molecule has 0 aliphatic heterocycles. The number of aliphatic hydroxyl groups excluding tert-OH is 1. The van der Waals surface area contributed by atoms with Gasteiger partial charge in [0.2, 0.25) is 0 Å². The average Bonchev–Trinajstić information content (AvgIpc) is 2.58. The fourth-order valence-electron chi connectivity index (χ4n) is 1.97. The van der Waals surface area contributed by atoms with Crippen molar-refractivity contribution < 1.29 is 14.6 Å². The number of ether oxygens (including phenoxy) is 2. The van der Waals surface area contributed by atoms with E-state index in [9.17, 15) is 0 Å². The van der Waals surface area contributed by atoms with Crippen molar-refractivity contribution in [3.8, 4) is 11.5 Å². The molecule has 0 aliphatic rings. The molecule has 2 aromatic rings. The minimum absolute atomic E-state index is 0.